The number of ketones is 1. The third-order valence-corrected chi connectivity index (χ3v) is 8.11. The standard InChI is InChI=1S/C35H46OS/c1-30-21-25-34(26-22-30)37-35-27-23-32(24-28-35)29-33(36)20-16-11-9-7-5-3-2-4-6-8-10-13-17-31-18-14-12-15-19-31/h12,14-15,18-19,21-28H,2-11,13,16-17,20,29H2,1H3. The van der Waals surface area contributed by atoms with E-state index in [0.29, 0.717) is 12.2 Å². The van der Waals surface area contributed by atoms with Gasteiger partial charge in [0.05, 0.1) is 0 Å². The highest BCUT2D eigenvalue weighted by Gasteiger charge is 2.05. The second-order valence-electron chi connectivity index (χ2n) is 10.5. The summed E-state index contributed by atoms with van der Waals surface area (Å²) in [7, 11) is 0. The van der Waals surface area contributed by atoms with Gasteiger partial charge in [-0.2, -0.15) is 0 Å². The van der Waals surface area contributed by atoms with Gasteiger partial charge in [0.2, 0.25) is 0 Å². The number of carbonyl (C=O) groups is 1. The molecule has 0 amide bonds. The van der Waals surface area contributed by atoms with Crippen LogP contribution >= 0.6 is 11.8 Å². The Labute approximate surface area is 230 Å². The SMILES string of the molecule is Cc1ccc(Sc2ccc(CC(=O)CCCCCCCCCCCCCCc3ccccc3)cc2)cc1. The number of hydrogen-bond donors (Lipinski definition) is 0. The van der Waals surface area contributed by atoms with E-state index in [9.17, 15) is 4.79 Å². The van der Waals surface area contributed by atoms with Gasteiger partial charge in [-0.1, -0.05) is 136 Å². The molecule has 0 N–H and O–H groups in total. The molecule has 3 aromatic carbocycles. The number of hydrogen-bond acceptors (Lipinski definition) is 2. The molecule has 3 rings (SSSR count). The van der Waals surface area contributed by atoms with Crippen LogP contribution in [0.4, 0.5) is 0 Å². The van der Waals surface area contributed by atoms with Crippen LogP contribution in [0.25, 0.3) is 0 Å². The van der Waals surface area contributed by atoms with Crippen LogP contribution in [0, 0.1) is 6.92 Å². The first-order chi connectivity index (χ1) is 18.2. The molecule has 0 aliphatic heterocycles. The lowest BCUT2D eigenvalue weighted by molar-refractivity contribution is -0.118. The van der Waals surface area contributed by atoms with E-state index in [1.54, 1.807) is 11.8 Å². The zero-order chi connectivity index (χ0) is 26.0. The van der Waals surface area contributed by atoms with Crippen LogP contribution in [0.15, 0.2) is 88.7 Å². The van der Waals surface area contributed by atoms with Crippen LogP contribution in [0.3, 0.4) is 0 Å². The summed E-state index contributed by atoms with van der Waals surface area (Å²) in [5.41, 5.74) is 3.89. The van der Waals surface area contributed by atoms with Crippen LogP contribution < -0.4 is 0 Å². The van der Waals surface area contributed by atoms with Crippen molar-refractivity contribution >= 4 is 17.5 Å². The largest absolute Gasteiger partial charge is 0.299 e. The van der Waals surface area contributed by atoms with E-state index in [1.807, 2.05) is 0 Å². The molecule has 0 spiro atoms. The van der Waals surface area contributed by atoms with Gasteiger partial charge in [0, 0.05) is 22.6 Å². The highest BCUT2D eigenvalue weighted by molar-refractivity contribution is 7.99. The van der Waals surface area contributed by atoms with Crippen molar-refractivity contribution in [2.45, 2.75) is 113 Å². The molecule has 198 valence electrons. The highest BCUT2D eigenvalue weighted by atomic mass is 32.2. The molecule has 0 radical (unpaired) electrons. The Morgan fingerprint density at radius 3 is 1.59 bits per heavy atom. The molecule has 0 saturated heterocycles. The molecule has 3 aromatic rings. The van der Waals surface area contributed by atoms with Gasteiger partial charge in [0.15, 0.2) is 0 Å². The molecule has 0 atom stereocenters. The third-order valence-electron chi connectivity index (χ3n) is 7.10. The first-order valence-corrected chi connectivity index (χ1v) is 15.4. The van der Waals surface area contributed by atoms with Gasteiger partial charge in [-0.15, -0.1) is 0 Å². The smallest absolute Gasteiger partial charge is 0.137 e. The van der Waals surface area contributed by atoms with Gasteiger partial charge >= 0.3 is 0 Å². The molecule has 37 heavy (non-hydrogen) atoms. The van der Waals surface area contributed by atoms with E-state index in [4.69, 9.17) is 0 Å². The molecule has 2 heteroatoms. The minimum absolute atomic E-state index is 0.378. The third kappa shape index (κ3) is 13.2. The molecule has 0 heterocycles. The maximum atomic E-state index is 12.4. The summed E-state index contributed by atoms with van der Waals surface area (Å²) in [6.07, 6.45) is 18.4. The van der Waals surface area contributed by atoms with Crippen molar-refractivity contribution in [3.05, 3.63) is 95.6 Å². The van der Waals surface area contributed by atoms with Gasteiger partial charge in [-0.05, 0) is 61.6 Å². The Morgan fingerprint density at radius 1 is 0.541 bits per heavy atom. The second kappa shape index (κ2) is 18.0. The summed E-state index contributed by atoms with van der Waals surface area (Å²) in [6.45, 7) is 2.11. The van der Waals surface area contributed by atoms with E-state index >= 15 is 0 Å². The summed E-state index contributed by atoms with van der Waals surface area (Å²) in [5.74, 6) is 0.378. The Kier molecular flexibility index (Phi) is 14.2. The molecule has 0 saturated carbocycles. The van der Waals surface area contributed by atoms with Crippen LogP contribution in [0.1, 0.15) is 100 Å². The van der Waals surface area contributed by atoms with Gasteiger partial charge in [0.1, 0.15) is 5.78 Å². The van der Waals surface area contributed by atoms with Crippen molar-refractivity contribution < 1.29 is 4.79 Å². The molecule has 0 aliphatic carbocycles. The number of unbranched alkanes of at least 4 members (excludes halogenated alkanes) is 11. The number of aryl methyl sites for hydroxylation is 2. The van der Waals surface area contributed by atoms with E-state index in [-0.39, 0.29) is 0 Å². The van der Waals surface area contributed by atoms with Crippen LogP contribution in [0.5, 0.6) is 0 Å². The maximum Gasteiger partial charge on any atom is 0.137 e. The molecule has 0 unspecified atom stereocenters. The Bertz CT molecular complexity index is 992. The average molecular weight is 515 g/mol. The van der Waals surface area contributed by atoms with Gasteiger partial charge in [-0.25, -0.2) is 0 Å². The summed E-state index contributed by atoms with van der Waals surface area (Å²) < 4.78 is 0. The fraction of sp³-hybridized carbons (Fsp3) is 0.457. The fourth-order valence-corrected chi connectivity index (χ4v) is 5.61. The van der Waals surface area contributed by atoms with Crippen LogP contribution in [-0.2, 0) is 17.6 Å². The number of rotatable bonds is 19. The minimum atomic E-state index is 0.378. The molecule has 0 bridgehead atoms. The zero-order valence-corrected chi connectivity index (χ0v) is 23.7. The van der Waals surface area contributed by atoms with Gasteiger partial charge in [-0.3, -0.25) is 4.79 Å². The molecule has 1 nitrogen and oxygen atoms in total. The van der Waals surface area contributed by atoms with Crippen molar-refractivity contribution in [2.75, 3.05) is 0 Å². The van der Waals surface area contributed by atoms with Crippen molar-refractivity contribution in [3.8, 4) is 0 Å². The Hall–Kier alpha value is -2.32. The quantitative estimate of drug-likeness (QED) is 0.148. The monoisotopic (exact) mass is 514 g/mol. The first-order valence-electron chi connectivity index (χ1n) is 14.6. The normalized spacial score (nSPS) is 11.1. The predicted octanol–water partition coefficient (Wildman–Crippen LogP) is 10.6. The van der Waals surface area contributed by atoms with Crippen LogP contribution in [0.2, 0.25) is 0 Å². The zero-order valence-electron chi connectivity index (χ0n) is 22.9. The average Bonchev–Trinajstić information content (AvgIpc) is 2.92. The fourth-order valence-electron chi connectivity index (χ4n) is 4.80. The number of Topliss-reactive ketones (excluding diaryl/α,β-unsaturated/α-hetero) is 1. The maximum absolute atomic E-state index is 12.4. The van der Waals surface area contributed by atoms with Gasteiger partial charge in [0.25, 0.3) is 0 Å². The van der Waals surface area contributed by atoms with Crippen LogP contribution in [-0.4, -0.2) is 5.78 Å². The molecule has 0 aliphatic rings. The highest BCUT2D eigenvalue weighted by Crippen LogP contribution is 2.28. The van der Waals surface area contributed by atoms with E-state index in [0.717, 1.165) is 18.4 Å². The molecular weight excluding hydrogens is 468 g/mol. The summed E-state index contributed by atoms with van der Waals surface area (Å²) in [4.78, 5) is 14.9. The summed E-state index contributed by atoms with van der Waals surface area (Å²) >= 11 is 1.77. The van der Waals surface area contributed by atoms with Crippen molar-refractivity contribution in [2.24, 2.45) is 0 Å². The molecule has 0 fully saturated rings. The number of benzene rings is 3. The predicted molar refractivity (Wildman–Crippen MR) is 161 cm³/mol. The lowest BCUT2D eigenvalue weighted by Crippen LogP contribution is -2.02. The first kappa shape index (κ1) is 29.2. The topological polar surface area (TPSA) is 17.1 Å². The molecule has 0 aromatic heterocycles. The van der Waals surface area contributed by atoms with E-state index < -0.39 is 0 Å². The summed E-state index contributed by atoms with van der Waals surface area (Å²) in [5, 5.41) is 0. The number of carbonyl (C=O) groups excluding carboxylic acids is 1. The lowest BCUT2D eigenvalue weighted by Gasteiger charge is -2.05. The second-order valence-corrected chi connectivity index (χ2v) is 11.6. The Morgan fingerprint density at radius 2 is 1.03 bits per heavy atom. The Balaban J connectivity index is 1.11. The van der Waals surface area contributed by atoms with Crippen molar-refractivity contribution in [3.63, 3.8) is 0 Å². The van der Waals surface area contributed by atoms with Gasteiger partial charge < -0.3 is 0 Å². The summed E-state index contributed by atoms with van der Waals surface area (Å²) in [6, 6.07) is 28.0. The molecular formula is C35H46OS. The lowest BCUT2D eigenvalue weighted by atomic mass is 10.0. The van der Waals surface area contributed by atoms with E-state index in [2.05, 4.69) is 85.8 Å². The minimum Gasteiger partial charge on any atom is -0.299 e. The van der Waals surface area contributed by atoms with E-state index in [1.165, 1.54) is 98.0 Å². The van der Waals surface area contributed by atoms with Crippen molar-refractivity contribution in [1.29, 1.82) is 0 Å². The van der Waals surface area contributed by atoms with Crippen molar-refractivity contribution in [1.82, 2.24) is 0 Å².